The summed E-state index contributed by atoms with van der Waals surface area (Å²) in [5.74, 6) is 0.667. The maximum Gasteiger partial charge on any atom is 0.0664 e. The Bertz CT molecular complexity index is 218. The van der Waals surface area contributed by atoms with Crippen molar-refractivity contribution < 1.29 is 9.47 Å². The van der Waals surface area contributed by atoms with Gasteiger partial charge in [0.2, 0.25) is 0 Å². The zero-order valence-electron chi connectivity index (χ0n) is 10.8. The van der Waals surface area contributed by atoms with Crippen LogP contribution < -0.4 is 5.32 Å². The predicted octanol–water partition coefficient (Wildman–Crippen LogP) is 1.82. The number of ether oxygens (including phenoxy) is 2. The molecule has 0 amide bonds. The first kappa shape index (κ1) is 12.3. The predicted molar refractivity (Wildman–Crippen MR) is 64.5 cm³/mol. The van der Waals surface area contributed by atoms with Crippen LogP contribution in [0.3, 0.4) is 0 Å². The van der Waals surface area contributed by atoms with E-state index in [4.69, 9.17) is 9.47 Å². The summed E-state index contributed by atoms with van der Waals surface area (Å²) in [6.45, 7) is 10.6. The molecule has 0 spiro atoms. The summed E-state index contributed by atoms with van der Waals surface area (Å²) in [4.78, 5) is 0. The Balaban J connectivity index is 1.79. The van der Waals surface area contributed by atoms with Gasteiger partial charge in [-0.15, -0.1) is 0 Å². The minimum atomic E-state index is 0.259. The van der Waals surface area contributed by atoms with Gasteiger partial charge in [-0.3, -0.25) is 0 Å². The summed E-state index contributed by atoms with van der Waals surface area (Å²) in [7, 11) is 0. The highest BCUT2D eigenvalue weighted by Crippen LogP contribution is 2.34. The molecule has 1 N–H and O–H groups in total. The molecule has 0 aromatic carbocycles. The van der Waals surface area contributed by atoms with E-state index in [0.29, 0.717) is 18.1 Å². The van der Waals surface area contributed by atoms with Crippen LogP contribution in [0.15, 0.2) is 0 Å². The van der Waals surface area contributed by atoms with E-state index in [1.807, 2.05) is 0 Å². The van der Waals surface area contributed by atoms with Crippen LogP contribution in [0.4, 0.5) is 0 Å². The summed E-state index contributed by atoms with van der Waals surface area (Å²) in [5.41, 5.74) is 0.259. The van der Waals surface area contributed by atoms with E-state index >= 15 is 0 Å². The normalized spacial score (nSPS) is 35.8. The molecular formula is C13H25NO2. The largest absolute Gasteiger partial charge is 0.380 e. The van der Waals surface area contributed by atoms with E-state index in [1.54, 1.807) is 0 Å². The molecule has 0 radical (unpaired) electrons. The van der Waals surface area contributed by atoms with Crippen LogP contribution in [0, 0.1) is 11.3 Å². The van der Waals surface area contributed by atoms with Crippen LogP contribution >= 0.6 is 0 Å². The van der Waals surface area contributed by atoms with Gasteiger partial charge >= 0.3 is 0 Å². The monoisotopic (exact) mass is 227 g/mol. The van der Waals surface area contributed by atoms with Gasteiger partial charge in [0.25, 0.3) is 0 Å². The van der Waals surface area contributed by atoms with Crippen LogP contribution in [0.2, 0.25) is 0 Å². The molecule has 0 unspecified atom stereocenters. The molecule has 2 fully saturated rings. The molecule has 3 heteroatoms. The molecule has 3 atom stereocenters. The lowest BCUT2D eigenvalue weighted by atomic mass is 9.81. The quantitative estimate of drug-likeness (QED) is 0.797. The van der Waals surface area contributed by atoms with Crippen molar-refractivity contribution in [3.63, 3.8) is 0 Å². The molecule has 0 saturated carbocycles. The Hall–Kier alpha value is -0.120. The van der Waals surface area contributed by atoms with Crippen LogP contribution in [0.1, 0.15) is 33.6 Å². The van der Waals surface area contributed by atoms with Gasteiger partial charge in [-0.2, -0.15) is 0 Å². The topological polar surface area (TPSA) is 30.5 Å². The molecule has 16 heavy (non-hydrogen) atoms. The van der Waals surface area contributed by atoms with Gasteiger partial charge in [-0.25, -0.2) is 0 Å². The van der Waals surface area contributed by atoms with E-state index < -0.39 is 0 Å². The average molecular weight is 227 g/mol. The summed E-state index contributed by atoms with van der Waals surface area (Å²) in [5, 5.41) is 3.62. The van der Waals surface area contributed by atoms with Gasteiger partial charge in [0.05, 0.1) is 12.7 Å². The van der Waals surface area contributed by atoms with Crippen LogP contribution in [0.25, 0.3) is 0 Å². The van der Waals surface area contributed by atoms with Crippen molar-refractivity contribution >= 4 is 0 Å². The Labute approximate surface area is 98.9 Å². The number of rotatable bonds is 3. The lowest BCUT2D eigenvalue weighted by molar-refractivity contribution is 0.00673. The van der Waals surface area contributed by atoms with Crippen molar-refractivity contribution in [1.29, 1.82) is 0 Å². The molecule has 3 nitrogen and oxygen atoms in total. The summed E-state index contributed by atoms with van der Waals surface area (Å²) in [6, 6.07) is 0.571. The van der Waals surface area contributed by atoms with E-state index in [9.17, 15) is 0 Å². The highest BCUT2D eigenvalue weighted by atomic mass is 16.5. The van der Waals surface area contributed by atoms with Crippen molar-refractivity contribution in [1.82, 2.24) is 5.32 Å². The second kappa shape index (κ2) is 5.03. The zero-order chi connectivity index (χ0) is 11.6. The Morgan fingerprint density at radius 1 is 1.19 bits per heavy atom. The van der Waals surface area contributed by atoms with E-state index in [0.717, 1.165) is 32.8 Å². The van der Waals surface area contributed by atoms with E-state index in [1.165, 1.54) is 6.42 Å². The highest BCUT2D eigenvalue weighted by molar-refractivity contribution is 4.87. The minimum Gasteiger partial charge on any atom is -0.380 e. The molecule has 2 aliphatic heterocycles. The van der Waals surface area contributed by atoms with Gasteiger partial charge in [0.1, 0.15) is 0 Å². The molecule has 2 saturated heterocycles. The maximum atomic E-state index is 5.87. The molecule has 0 aromatic heterocycles. The van der Waals surface area contributed by atoms with E-state index in [-0.39, 0.29) is 5.41 Å². The van der Waals surface area contributed by atoms with Crippen molar-refractivity contribution in [3.05, 3.63) is 0 Å². The van der Waals surface area contributed by atoms with Crippen molar-refractivity contribution in [3.8, 4) is 0 Å². The zero-order valence-corrected chi connectivity index (χ0v) is 10.8. The molecule has 2 heterocycles. The number of nitrogens with one attached hydrogen (secondary N) is 1. The molecule has 94 valence electrons. The van der Waals surface area contributed by atoms with Crippen molar-refractivity contribution in [2.24, 2.45) is 11.3 Å². The summed E-state index contributed by atoms with van der Waals surface area (Å²) >= 11 is 0. The standard InChI is InChI=1S/C13H25NO2/c1-13(2,3)12-10(4-7-16-12)8-14-11-5-6-15-9-11/h10-12,14H,4-9H2,1-3H3/t10-,11+,12+/m1/s1. The second-order valence-electron chi connectivity index (χ2n) is 6.17. The molecular weight excluding hydrogens is 202 g/mol. The Morgan fingerprint density at radius 2 is 2.00 bits per heavy atom. The lowest BCUT2D eigenvalue weighted by Crippen LogP contribution is -2.40. The fourth-order valence-electron chi connectivity index (χ4n) is 2.81. The first-order valence-electron chi connectivity index (χ1n) is 6.50. The molecule has 2 aliphatic rings. The van der Waals surface area contributed by atoms with E-state index in [2.05, 4.69) is 26.1 Å². The first-order valence-corrected chi connectivity index (χ1v) is 6.50. The van der Waals surface area contributed by atoms with Crippen molar-refractivity contribution in [2.75, 3.05) is 26.4 Å². The minimum absolute atomic E-state index is 0.259. The van der Waals surface area contributed by atoms with Crippen LogP contribution in [-0.4, -0.2) is 38.5 Å². The third kappa shape index (κ3) is 2.96. The molecule has 2 rings (SSSR count). The first-order chi connectivity index (χ1) is 7.57. The van der Waals surface area contributed by atoms with Gasteiger partial charge < -0.3 is 14.8 Å². The van der Waals surface area contributed by atoms with Crippen LogP contribution in [-0.2, 0) is 9.47 Å². The Morgan fingerprint density at radius 3 is 2.62 bits per heavy atom. The van der Waals surface area contributed by atoms with Crippen LogP contribution in [0.5, 0.6) is 0 Å². The highest BCUT2D eigenvalue weighted by Gasteiger charge is 2.37. The third-order valence-electron chi connectivity index (χ3n) is 3.67. The molecule has 0 aromatic rings. The fourth-order valence-corrected chi connectivity index (χ4v) is 2.81. The van der Waals surface area contributed by atoms with Gasteiger partial charge in [-0.1, -0.05) is 20.8 Å². The average Bonchev–Trinajstić information content (AvgIpc) is 2.85. The molecule has 0 aliphatic carbocycles. The second-order valence-corrected chi connectivity index (χ2v) is 6.17. The third-order valence-corrected chi connectivity index (χ3v) is 3.67. The van der Waals surface area contributed by atoms with Crippen molar-refractivity contribution in [2.45, 2.75) is 45.8 Å². The van der Waals surface area contributed by atoms with Gasteiger partial charge in [-0.05, 0) is 18.3 Å². The molecule has 0 bridgehead atoms. The lowest BCUT2D eigenvalue weighted by Gasteiger charge is -2.31. The summed E-state index contributed by atoms with van der Waals surface area (Å²) < 4.78 is 11.2. The smallest absolute Gasteiger partial charge is 0.0664 e. The van der Waals surface area contributed by atoms with Gasteiger partial charge in [0, 0.05) is 31.7 Å². The van der Waals surface area contributed by atoms with Gasteiger partial charge in [0.15, 0.2) is 0 Å². The number of hydrogen-bond donors (Lipinski definition) is 1. The Kier molecular flexibility index (Phi) is 3.88. The summed E-state index contributed by atoms with van der Waals surface area (Å²) in [6.07, 6.45) is 2.76. The SMILES string of the molecule is CC(C)(C)[C@H]1OCC[C@@H]1CN[C@H]1CCOC1. The fraction of sp³-hybridized carbons (Fsp3) is 1.00. The number of hydrogen-bond acceptors (Lipinski definition) is 3. The maximum absolute atomic E-state index is 5.87.